The second-order valence-electron chi connectivity index (χ2n) is 4.48. The molecule has 1 aromatic carbocycles. The van der Waals surface area contributed by atoms with E-state index in [-0.39, 0.29) is 17.5 Å². The second kappa shape index (κ2) is 3.46. The van der Waals surface area contributed by atoms with Crippen molar-refractivity contribution in [2.24, 2.45) is 5.73 Å². The first kappa shape index (κ1) is 10.9. The fourth-order valence-corrected chi connectivity index (χ4v) is 2.26. The topological polar surface area (TPSA) is 35.2 Å². The summed E-state index contributed by atoms with van der Waals surface area (Å²) in [6.45, 7) is 3.91. The first-order valence-corrected chi connectivity index (χ1v) is 5.62. The Kier molecular flexibility index (Phi) is 2.51. The van der Waals surface area contributed by atoms with E-state index < -0.39 is 0 Å². The highest BCUT2D eigenvalue weighted by Gasteiger charge is 2.32. The van der Waals surface area contributed by atoms with E-state index >= 15 is 0 Å². The van der Waals surface area contributed by atoms with Crippen LogP contribution in [0.25, 0.3) is 0 Å². The Bertz CT molecular complexity index is 406. The maximum atomic E-state index is 13.3. The lowest BCUT2D eigenvalue weighted by Crippen LogP contribution is -2.37. The third-order valence-electron chi connectivity index (χ3n) is 2.55. The summed E-state index contributed by atoms with van der Waals surface area (Å²) < 4.78 is 19.4. The van der Waals surface area contributed by atoms with E-state index in [9.17, 15) is 4.39 Å². The van der Waals surface area contributed by atoms with Crippen molar-refractivity contribution in [3.8, 4) is 5.75 Å². The summed E-state index contributed by atoms with van der Waals surface area (Å²) in [5, 5.41) is 0. The Morgan fingerprint density at radius 1 is 1.53 bits per heavy atom. The van der Waals surface area contributed by atoms with Crippen molar-refractivity contribution >= 4 is 15.9 Å². The van der Waals surface area contributed by atoms with Gasteiger partial charge < -0.3 is 10.5 Å². The molecule has 4 heteroatoms. The smallest absolute Gasteiger partial charge is 0.141 e. The van der Waals surface area contributed by atoms with Gasteiger partial charge in [-0.3, -0.25) is 0 Å². The van der Waals surface area contributed by atoms with Crippen LogP contribution in [0.15, 0.2) is 16.6 Å². The molecule has 1 aliphatic heterocycles. The van der Waals surface area contributed by atoms with Gasteiger partial charge in [-0.15, -0.1) is 0 Å². The largest absolute Gasteiger partial charge is 0.487 e. The van der Waals surface area contributed by atoms with Crippen molar-refractivity contribution in [3.63, 3.8) is 0 Å². The molecular formula is C11H13BrFNO. The standard InChI is InChI=1S/C11H13BrFNO/c1-11(2)5-9(14)6-3-7(12)8(13)4-10(6)15-11/h3-4,9H,5,14H2,1-2H3. The van der Waals surface area contributed by atoms with Crippen LogP contribution in [0.3, 0.4) is 0 Å². The summed E-state index contributed by atoms with van der Waals surface area (Å²) >= 11 is 3.14. The molecular weight excluding hydrogens is 261 g/mol. The van der Waals surface area contributed by atoms with E-state index in [1.54, 1.807) is 6.07 Å². The van der Waals surface area contributed by atoms with E-state index in [0.717, 1.165) is 12.0 Å². The van der Waals surface area contributed by atoms with Crippen LogP contribution in [0.1, 0.15) is 31.9 Å². The minimum atomic E-state index is -0.327. The van der Waals surface area contributed by atoms with Gasteiger partial charge in [0.2, 0.25) is 0 Å². The molecule has 82 valence electrons. The molecule has 15 heavy (non-hydrogen) atoms. The molecule has 0 amide bonds. The summed E-state index contributed by atoms with van der Waals surface area (Å²) in [4.78, 5) is 0. The van der Waals surface area contributed by atoms with Crippen molar-refractivity contribution in [1.29, 1.82) is 0 Å². The molecule has 1 aliphatic rings. The second-order valence-corrected chi connectivity index (χ2v) is 5.33. The molecule has 2 nitrogen and oxygen atoms in total. The van der Waals surface area contributed by atoms with E-state index in [4.69, 9.17) is 10.5 Å². The van der Waals surface area contributed by atoms with Crippen molar-refractivity contribution in [1.82, 2.24) is 0 Å². The normalized spacial score (nSPS) is 23.1. The highest BCUT2D eigenvalue weighted by atomic mass is 79.9. The van der Waals surface area contributed by atoms with Gasteiger partial charge in [0.15, 0.2) is 0 Å². The van der Waals surface area contributed by atoms with Crippen LogP contribution in [0.2, 0.25) is 0 Å². The van der Waals surface area contributed by atoms with E-state index in [1.165, 1.54) is 6.07 Å². The van der Waals surface area contributed by atoms with Crippen molar-refractivity contribution in [2.45, 2.75) is 31.9 Å². The van der Waals surface area contributed by atoms with Crippen LogP contribution in [-0.4, -0.2) is 5.60 Å². The Morgan fingerprint density at radius 3 is 2.87 bits per heavy atom. The SMILES string of the molecule is CC1(C)CC(N)c2cc(Br)c(F)cc2O1. The molecule has 1 aromatic rings. The number of fused-ring (bicyclic) bond motifs is 1. The molecule has 2 rings (SSSR count). The Balaban J connectivity index is 2.51. The van der Waals surface area contributed by atoms with Gasteiger partial charge >= 0.3 is 0 Å². The minimum Gasteiger partial charge on any atom is -0.487 e. The Morgan fingerprint density at radius 2 is 2.20 bits per heavy atom. The molecule has 0 spiro atoms. The van der Waals surface area contributed by atoms with Gasteiger partial charge in [0.05, 0.1) is 4.47 Å². The monoisotopic (exact) mass is 273 g/mol. The lowest BCUT2D eigenvalue weighted by Gasteiger charge is -2.36. The number of hydrogen-bond donors (Lipinski definition) is 1. The van der Waals surface area contributed by atoms with Crippen molar-refractivity contribution in [3.05, 3.63) is 28.0 Å². The predicted molar refractivity (Wildman–Crippen MR) is 60.4 cm³/mol. The average molecular weight is 274 g/mol. The molecule has 1 atom stereocenters. The molecule has 0 bridgehead atoms. The number of nitrogens with two attached hydrogens (primary N) is 1. The average Bonchev–Trinajstić information content (AvgIpc) is 2.07. The molecule has 1 heterocycles. The molecule has 1 unspecified atom stereocenters. The minimum absolute atomic E-state index is 0.0966. The van der Waals surface area contributed by atoms with Crippen LogP contribution in [0.4, 0.5) is 4.39 Å². The van der Waals surface area contributed by atoms with Crippen LogP contribution in [0, 0.1) is 5.82 Å². The molecule has 0 radical (unpaired) electrons. The number of rotatable bonds is 0. The van der Waals surface area contributed by atoms with Crippen LogP contribution >= 0.6 is 15.9 Å². The van der Waals surface area contributed by atoms with Gasteiger partial charge in [-0.2, -0.15) is 0 Å². The third-order valence-corrected chi connectivity index (χ3v) is 3.16. The van der Waals surface area contributed by atoms with Gasteiger partial charge in [0, 0.05) is 24.1 Å². The number of benzene rings is 1. The first-order valence-electron chi connectivity index (χ1n) is 4.82. The number of halogens is 2. The first-order chi connectivity index (χ1) is 6.89. The van der Waals surface area contributed by atoms with Crippen LogP contribution < -0.4 is 10.5 Å². The van der Waals surface area contributed by atoms with Gasteiger partial charge in [-0.05, 0) is 35.8 Å². The Labute approximate surface area is 96.7 Å². The van der Waals surface area contributed by atoms with E-state index in [1.807, 2.05) is 13.8 Å². The quantitative estimate of drug-likeness (QED) is 0.788. The lowest BCUT2D eigenvalue weighted by molar-refractivity contribution is 0.0723. The Hall–Kier alpha value is -0.610. The van der Waals surface area contributed by atoms with Crippen molar-refractivity contribution < 1.29 is 9.13 Å². The van der Waals surface area contributed by atoms with Gasteiger partial charge in [-0.1, -0.05) is 0 Å². The number of hydrogen-bond acceptors (Lipinski definition) is 2. The van der Waals surface area contributed by atoms with Crippen LogP contribution in [0.5, 0.6) is 5.75 Å². The predicted octanol–water partition coefficient (Wildman–Crippen LogP) is 3.15. The summed E-state index contributed by atoms with van der Waals surface area (Å²) in [6, 6.07) is 2.99. The highest BCUT2D eigenvalue weighted by molar-refractivity contribution is 9.10. The van der Waals surface area contributed by atoms with E-state index in [2.05, 4.69) is 15.9 Å². The summed E-state index contributed by atoms with van der Waals surface area (Å²) in [5.74, 6) is 0.234. The molecule has 0 aromatic heterocycles. The zero-order valence-electron chi connectivity index (χ0n) is 8.68. The third kappa shape index (κ3) is 2.01. The molecule has 0 fully saturated rings. The number of ether oxygens (including phenoxy) is 1. The fourth-order valence-electron chi connectivity index (χ4n) is 1.90. The molecule has 0 saturated carbocycles. The van der Waals surface area contributed by atoms with Gasteiger partial charge in [0.25, 0.3) is 0 Å². The summed E-state index contributed by atoms with van der Waals surface area (Å²) in [5.41, 5.74) is 6.55. The van der Waals surface area contributed by atoms with E-state index in [0.29, 0.717) is 10.2 Å². The lowest BCUT2D eigenvalue weighted by atomic mass is 9.90. The maximum Gasteiger partial charge on any atom is 0.141 e. The van der Waals surface area contributed by atoms with Crippen LogP contribution in [-0.2, 0) is 0 Å². The zero-order chi connectivity index (χ0) is 11.2. The summed E-state index contributed by atoms with van der Waals surface area (Å²) in [6.07, 6.45) is 0.734. The molecule has 0 aliphatic carbocycles. The van der Waals surface area contributed by atoms with Gasteiger partial charge in [0.1, 0.15) is 17.2 Å². The maximum absolute atomic E-state index is 13.3. The highest BCUT2D eigenvalue weighted by Crippen LogP contribution is 2.40. The van der Waals surface area contributed by atoms with Crippen molar-refractivity contribution in [2.75, 3.05) is 0 Å². The molecule has 0 saturated heterocycles. The fraction of sp³-hybridized carbons (Fsp3) is 0.455. The molecule has 2 N–H and O–H groups in total. The summed E-state index contributed by atoms with van der Waals surface area (Å²) in [7, 11) is 0. The van der Waals surface area contributed by atoms with Gasteiger partial charge in [-0.25, -0.2) is 4.39 Å². The zero-order valence-corrected chi connectivity index (χ0v) is 10.3.